The maximum Gasteiger partial charge on any atom is 0.243 e. The number of rotatable bonds is 5. The monoisotopic (exact) mass is 416 g/mol. The number of carbonyl (C=O) groups is 2. The smallest absolute Gasteiger partial charge is 0.243 e. The van der Waals surface area contributed by atoms with Crippen molar-refractivity contribution >= 4 is 11.8 Å². The van der Waals surface area contributed by atoms with Crippen molar-refractivity contribution in [3.63, 3.8) is 0 Å². The summed E-state index contributed by atoms with van der Waals surface area (Å²) in [6.45, 7) is 6.48. The normalized spacial score (nSPS) is 17.8. The summed E-state index contributed by atoms with van der Waals surface area (Å²) in [5, 5.41) is 6.74. The van der Waals surface area contributed by atoms with Crippen molar-refractivity contribution in [3.8, 4) is 11.3 Å². The highest BCUT2D eigenvalue weighted by Gasteiger charge is 2.39. The van der Waals surface area contributed by atoms with E-state index in [4.69, 9.17) is 5.73 Å². The van der Waals surface area contributed by atoms with Crippen LogP contribution in [0, 0.1) is 11.2 Å². The summed E-state index contributed by atoms with van der Waals surface area (Å²) in [6.07, 6.45) is 4.09. The van der Waals surface area contributed by atoms with Gasteiger partial charge < -0.3 is 16.0 Å². The summed E-state index contributed by atoms with van der Waals surface area (Å²) in [5.41, 5.74) is 7.33. The molecule has 1 saturated heterocycles. The van der Waals surface area contributed by atoms with E-state index >= 15 is 0 Å². The van der Waals surface area contributed by atoms with Crippen LogP contribution in [0.15, 0.2) is 24.5 Å². The highest BCUT2D eigenvalue weighted by atomic mass is 19.1. The van der Waals surface area contributed by atoms with Crippen LogP contribution < -0.4 is 11.1 Å². The van der Waals surface area contributed by atoms with E-state index in [0.717, 1.165) is 12.6 Å². The SMILES string of the molecule is Cn1ncc(F)c1-c1ccc(CNC(=O)C2CCCN2C(=O)C(N)C(C)(C)C)nc1. The van der Waals surface area contributed by atoms with E-state index < -0.39 is 17.9 Å². The van der Waals surface area contributed by atoms with Crippen LogP contribution in [0.25, 0.3) is 11.3 Å². The average Bonchev–Trinajstić information content (AvgIpc) is 3.31. The molecule has 2 unspecified atom stereocenters. The second-order valence-electron chi connectivity index (χ2n) is 8.75. The van der Waals surface area contributed by atoms with Crippen LogP contribution in [0.2, 0.25) is 0 Å². The van der Waals surface area contributed by atoms with Crippen LogP contribution in [0.4, 0.5) is 4.39 Å². The predicted molar refractivity (Wildman–Crippen MR) is 110 cm³/mol. The Kier molecular flexibility index (Phi) is 6.21. The van der Waals surface area contributed by atoms with Gasteiger partial charge in [0.05, 0.1) is 24.5 Å². The second-order valence-corrected chi connectivity index (χ2v) is 8.75. The molecule has 8 nitrogen and oxygen atoms in total. The topological polar surface area (TPSA) is 106 Å². The van der Waals surface area contributed by atoms with Gasteiger partial charge >= 0.3 is 0 Å². The Morgan fingerprint density at radius 3 is 2.63 bits per heavy atom. The molecular formula is C21H29FN6O2. The van der Waals surface area contributed by atoms with Crippen molar-refractivity contribution in [1.82, 2.24) is 25.0 Å². The standard InChI is InChI=1S/C21H29FN6O2/c1-21(2,3)18(23)20(30)28-9-5-6-16(28)19(29)25-11-14-8-7-13(10-24-14)17-15(22)12-26-27(17)4/h7-8,10,12,16,18H,5-6,9,11,23H2,1-4H3,(H,25,29). The Labute approximate surface area is 175 Å². The first-order valence-corrected chi connectivity index (χ1v) is 10.1. The van der Waals surface area contributed by atoms with Crippen LogP contribution in [0.5, 0.6) is 0 Å². The van der Waals surface area contributed by atoms with Crippen LogP contribution in [-0.2, 0) is 23.2 Å². The molecule has 0 aliphatic carbocycles. The van der Waals surface area contributed by atoms with Crippen molar-refractivity contribution in [2.24, 2.45) is 18.2 Å². The number of halogens is 1. The molecule has 2 amide bonds. The molecule has 3 N–H and O–H groups in total. The zero-order valence-electron chi connectivity index (χ0n) is 17.9. The van der Waals surface area contributed by atoms with E-state index in [9.17, 15) is 14.0 Å². The van der Waals surface area contributed by atoms with Crippen molar-refractivity contribution in [2.75, 3.05) is 6.54 Å². The lowest BCUT2D eigenvalue weighted by Gasteiger charge is -2.32. The van der Waals surface area contributed by atoms with Crippen molar-refractivity contribution in [2.45, 2.75) is 52.2 Å². The summed E-state index contributed by atoms with van der Waals surface area (Å²) >= 11 is 0. The molecule has 0 saturated carbocycles. The van der Waals surface area contributed by atoms with E-state index in [-0.39, 0.29) is 23.8 Å². The van der Waals surface area contributed by atoms with E-state index in [2.05, 4.69) is 15.4 Å². The van der Waals surface area contributed by atoms with Gasteiger partial charge in [0.1, 0.15) is 11.7 Å². The van der Waals surface area contributed by atoms with E-state index in [0.29, 0.717) is 29.9 Å². The average molecular weight is 417 g/mol. The number of hydrogen-bond acceptors (Lipinski definition) is 5. The third-order valence-corrected chi connectivity index (χ3v) is 5.47. The molecule has 2 atom stereocenters. The molecule has 9 heteroatoms. The summed E-state index contributed by atoms with van der Waals surface area (Å²) in [5.74, 6) is -0.828. The van der Waals surface area contributed by atoms with Crippen LogP contribution >= 0.6 is 0 Å². The molecule has 0 spiro atoms. The minimum absolute atomic E-state index is 0.194. The number of aryl methyl sites for hydroxylation is 1. The largest absolute Gasteiger partial charge is 0.349 e. The quantitative estimate of drug-likeness (QED) is 0.770. The Morgan fingerprint density at radius 1 is 1.33 bits per heavy atom. The molecule has 1 aliphatic rings. The van der Waals surface area contributed by atoms with Gasteiger partial charge in [-0.3, -0.25) is 19.3 Å². The summed E-state index contributed by atoms with van der Waals surface area (Å²) in [4.78, 5) is 31.4. The molecular weight excluding hydrogens is 387 g/mol. The Morgan fingerprint density at radius 2 is 2.07 bits per heavy atom. The number of aromatic nitrogens is 3. The number of carbonyl (C=O) groups excluding carboxylic acids is 2. The van der Waals surface area contributed by atoms with Gasteiger partial charge in [-0.25, -0.2) is 4.39 Å². The summed E-state index contributed by atoms with van der Waals surface area (Å²) < 4.78 is 15.3. The second kappa shape index (κ2) is 8.51. The molecule has 2 aromatic rings. The van der Waals surface area contributed by atoms with E-state index in [1.54, 1.807) is 30.3 Å². The molecule has 1 fully saturated rings. The number of amides is 2. The predicted octanol–water partition coefficient (Wildman–Crippen LogP) is 1.60. The highest BCUT2D eigenvalue weighted by molar-refractivity contribution is 5.90. The number of pyridine rings is 1. The van der Waals surface area contributed by atoms with Gasteiger partial charge in [-0.15, -0.1) is 0 Å². The lowest BCUT2D eigenvalue weighted by Crippen LogP contribution is -2.54. The molecule has 1 aliphatic heterocycles. The fraction of sp³-hybridized carbons (Fsp3) is 0.524. The first kappa shape index (κ1) is 21.9. The van der Waals surface area contributed by atoms with Crippen molar-refractivity contribution in [3.05, 3.63) is 36.0 Å². The molecule has 2 aromatic heterocycles. The minimum atomic E-state index is -0.660. The van der Waals surface area contributed by atoms with Gasteiger partial charge in [-0.1, -0.05) is 20.8 Å². The molecule has 3 rings (SSSR count). The van der Waals surface area contributed by atoms with Crippen molar-refractivity contribution in [1.29, 1.82) is 0 Å². The van der Waals surface area contributed by atoms with Crippen molar-refractivity contribution < 1.29 is 14.0 Å². The number of nitrogens with one attached hydrogen (secondary N) is 1. The summed E-state index contributed by atoms with van der Waals surface area (Å²) in [7, 11) is 1.66. The Bertz CT molecular complexity index is 899. The third-order valence-electron chi connectivity index (χ3n) is 5.47. The first-order valence-electron chi connectivity index (χ1n) is 10.1. The molecule has 0 aromatic carbocycles. The number of likely N-dealkylation sites (tertiary alicyclic amines) is 1. The molecule has 0 bridgehead atoms. The first-order chi connectivity index (χ1) is 14.1. The van der Waals surface area contributed by atoms with Crippen LogP contribution in [-0.4, -0.2) is 50.1 Å². The Hall–Kier alpha value is -2.81. The molecule has 162 valence electrons. The fourth-order valence-corrected chi connectivity index (χ4v) is 3.55. The molecule has 0 radical (unpaired) electrons. The number of nitrogens with zero attached hydrogens (tertiary/aromatic N) is 4. The minimum Gasteiger partial charge on any atom is -0.349 e. The van der Waals surface area contributed by atoms with Gasteiger partial charge in [-0.2, -0.15) is 5.10 Å². The van der Waals surface area contributed by atoms with Gasteiger partial charge in [-0.05, 0) is 30.4 Å². The Balaban J connectivity index is 1.62. The zero-order chi connectivity index (χ0) is 22.1. The maximum absolute atomic E-state index is 13.8. The van der Waals surface area contributed by atoms with E-state index in [1.165, 1.54) is 4.68 Å². The zero-order valence-corrected chi connectivity index (χ0v) is 17.9. The maximum atomic E-state index is 13.8. The van der Waals surface area contributed by atoms with Gasteiger partial charge in [0.2, 0.25) is 11.8 Å². The lowest BCUT2D eigenvalue weighted by molar-refractivity contribution is -0.141. The van der Waals surface area contributed by atoms with Crippen LogP contribution in [0.1, 0.15) is 39.3 Å². The molecule has 3 heterocycles. The van der Waals surface area contributed by atoms with Gasteiger partial charge in [0.25, 0.3) is 0 Å². The number of hydrogen-bond donors (Lipinski definition) is 2. The van der Waals surface area contributed by atoms with Gasteiger partial charge in [0.15, 0.2) is 5.82 Å². The molecule has 30 heavy (non-hydrogen) atoms. The number of nitrogens with two attached hydrogens (primary N) is 1. The third kappa shape index (κ3) is 4.51. The summed E-state index contributed by atoms with van der Waals surface area (Å²) in [6, 6.07) is 2.29. The van der Waals surface area contributed by atoms with E-state index in [1.807, 2.05) is 20.8 Å². The fourth-order valence-electron chi connectivity index (χ4n) is 3.55. The lowest BCUT2D eigenvalue weighted by atomic mass is 9.86. The van der Waals surface area contributed by atoms with Crippen LogP contribution in [0.3, 0.4) is 0 Å². The highest BCUT2D eigenvalue weighted by Crippen LogP contribution is 2.25. The van der Waals surface area contributed by atoms with Gasteiger partial charge in [0, 0.05) is 25.4 Å².